The fourth-order valence-electron chi connectivity index (χ4n) is 3.18. The maximum Gasteiger partial charge on any atom is 0.347 e. The summed E-state index contributed by atoms with van der Waals surface area (Å²) in [7, 11) is 0. The third kappa shape index (κ3) is 6.28. The van der Waals surface area contributed by atoms with E-state index in [0.29, 0.717) is 26.2 Å². The van der Waals surface area contributed by atoms with Crippen molar-refractivity contribution in [2.75, 3.05) is 42.6 Å². The highest BCUT2D eigenvalue weighted by Crippen LogP contribution is 2.18. The van der Waals surface area contributed by atoms with Gasteiger partial charge in [-0.15, -0.1) is 0 Å². The first-order valence-corrected chi connectivity index (χ1v) is 10.5. The van der Waals surface area contributed by atoms with Gasteiger partial charge in [-0.2, -0.15) is 0 Å². The highest BCUT2D eigenvalue weighted by molar-refractivity contribution is 5.91. The summed E-state index contributed by atoms with van der Waals surface area (Å²) in [5, 5.41) is 8.99. The summed E-state index contributed by atoms with van der Waals surface area (Å²) in [5.41, 5.74) is 0.397. The molecule has 1 fully saturated rings. The minimum atomic E-state index is -1.02. The SMILES string of the molecule is CC=CCOC(=O)[C@H](C)OC(=O)c1ccc(N2CCN(c3ccc(C(=O)O)cn3)CC2)nc1. The molecule has 1 atom stereocenters. The number of piperazine rings is 1. The average molecular weight is 454 g/mol. The van der Waals surface area contributed by atoms with Gasteiger partial charge in [0.15, 0.2) is 6.10 Å². The number of aromatic nitrogens is 2. The molecule has 1 N–H and O–H groups in total. The van der Waals surface area contributed by atoms with Crippen molar-refractivity contribution < 1.29 is 29.0 Å². The topological polar surface area (TPSA) is 122 Å². The van der Waals surface area contributed by atoms with E-state index in [9.17, 15) is 14.4 Å². The first kappa shape index (κ1) is 23.7. The summed E-state index contributed by atoms with van der Waals surface area (Å²) >= 11 is 0. The van der Waals surface area contributed by atoms with E-state index in [0.717, 1.165) is 11.6 Å². The standard InChI is InChI=1S/C23H26N4O6/c1-3-4-13-32-22(30)16(2)33-23(31)18-6-8-20(25-15-18)27-11-9-26(10-12-27)19-7-5-17(14-24-19)21(28)29/h3-8,14-16H,9-13H2,1-2H3,(H,28,29)/t16-/m0/s1. The van der Waals surface area contributed by atoms with Gasteiger partial charge >= 0.3 is 17.9 Å². The second-order valence-corrected chi connectivity index (χ2v) is 7.34. The summed E-state index contributed by atoms with van der Waals surface area (Å²) in [4.78, 5) is 47.8. The number of rotatable bonds is 8. The molecule has 3 heterocycles. The molecular weight excluding hydrogens is 428 g/mol. The molecule has 174 valence electrons. The van der Waals surface area contributed by atoms with Crippen molar-refractivity contribution in [1.29, 1.82) is 0 Å². The van der Waals surface area contributed by atoms with Crippen LogP contribution in [0.5, 0.6) is 0 Å². The molecule has 1 aliphatic heterocycles. The van der Waals surface area contributed by atoms with Crippen molar-refractivity contribution >= 4 is 29.5 Å². The lowest BCUT2D eigenvalue weighted by Gasteiger charge is -2.36. The minimum absolute atomic E-state index is 0.129. The van der Waals surface area contributed by atoms with Crippen LogP contribution in [0.25, 0.3) is 0 Å². The molecule has 0 bridgehead atoms. The molecule has 2 aromatic rings. The Morgan fingerprint density at radius 3 is 2.00 bits per heavy atom. The van der Waals surface area contributed by atoms with Gasteiger partial charge in [0.1, 0.15) is 18.2 Å². The largest absolute Gasteiger partial charge is 0.478 e. The highest BCUT2D eigenvalue weighted by Gasteiger charge is 2.22. The van der Waals surface area contributed by atoms with Gasteiger partial charge in [0.25, 0.3) is 0 Å². The van der Waals surface area contributed by atoms with E-state index in [4.69, 9.17) is 14.6 Å². The lowest BCUT2D eigenvalue weighted by molar-refractivity contribution is -0.151. The molecule has 10 heteroatoms. The van der Waals surface area contributed by atoms with Crippen molar-refractivity contribution in [1.82, 2.24) is 9.97 Å². The third-order valence-corrected chi connectivity index (χ3v) is 5.08. The normalized spacial score (nSPS) is 14.7. The zero-order chi connectivity index (χ0) is 23.8. The molecule has 0 amide bonds. The number of pyridine rings is 2. The quantitative estimate of drug-likeness (QED) is 0.469. The molecule has 2 aromatic heterocycles. The van der Waals surface area contributed by atoms with E-state index in [1.807, 2.05) is 6.92 Å². The van der Waals surface area contributed by atoms with Gasteiger partial charge in [0, 0.05) is 38.6 Å². The number of carboxylic acids is 1. The van der Waals surface area contributed by atoms with Crippen LogP contribution in [-0.4, -0.2) is 71.9 Å². The zero-order valence-corrected chi connectivity index (χ0v) is 18.5. The molecule has 0 unspecified atom stereocenters. The van der Waals surface area contributed by atoms with Crippen molar-refractivity contribution in [3.8, 4) is 0 Å². The van der Waals surface area contributed by atoms with E-state index in [1.165, 1.54) is 19.3 Å². The Hall–Kier alpha value is -3.95. The van der Waals surface area contributed by atoms with Crippen LogP contribution in [0, 0.1) is 0 Å². The molecule has 1 saturated heterocycles. The van der Waals surface area contributed by atoms with Crippen molar-refractivity contribution in [3.63, 3.8) is 0 Å². The second-order valence-electron chi connectivity index (χ2n) is 7.34. The van der Waals surface area contributed by atoms with E-state index in [1.54, 1.807) is 36.4 Å². The summed E-state index contributed by atoms with van der Waals surface area (Å²) in [6.07, 6.45) is 5.20. The number of ether oxygens (including phenoxy) is 2. The van der Waals surface area contributed by atoms with Crippen LogP contribution in [0.2, 0.25) is 0 Å². The molecule has 1 aliphatic rings. The van der Waals surface area contributed by atoms with Crippen LogP contribution in [0.15, 0.2) is 48.8 Å². The smallest absolute Gasteiger partial charge is 0.347 e. The van der Waals surface area contributed by atoms with Crippen molar-refractivity contribution in [3.05, 3.63) is 59.9 Å². The van der Waals surface area contributed by atoms with Gasteiger partial charge in [0.2, 0.25) is 0 Å². The molecule has 33 heavy (non-hydrogen) atoms. The number of esters is 2. The second kappa shape index (κ2) is 11.1. The summed E-state index contributed by atoms with van der Waals surface area (Å²) < 4.78 is 10.1. The van der Waals surface area contributed by atoms with E-state index in [-0.39, 0.29) is 17.7 Å². The van der Waals surface area contributed by atoms with Crippen molar-refractivity contribution in [2.24, 2.45) is 0 Å². The fourth-order valence-corrected chi connectivity index (χ4v) is 3.18. The minimum Gasteiger partial charge on any atom is -0.478 e. The predicted octanol–water partition coefficient (Wildman–Crippen LogP) is 2.17. The van der Waals surface area contributed by atoms with Crippen LogP contribution in [0.1, 0.15) is 34.6 Å². The summed E-state index contributed by atoms with van der Waals surface area (Å²) in [5.74, 6) is -0.819. The Kier molecular flexibility index (Phi) is 7.96. The van der Waals surface area contributed by atoms with Gasteiger partial charge in [-0.25, -0.2) is 24.4 Å². The zero-order valence-electron chi connectivity index (χ0n) is 18.5. The Morgan fingerprint density at radius 1 is 1.00 bits per heavy atom. The Bertz CT molecular complexity index is 999. The van der Waals surface area contributed by atoms with Gasteiger partial charge in [0.05, 0.1) is 11.1 Å². The number of allylic oxidation sites excluding steroid dienone is 1. The molecule has 0 radical (unpaired) electrons. The van der Waals surface area contributed by atoms with E-state index in [2.05, 4.69) is 19.8 Å². The molecule has 0 aromatic carbocycles. The van der Waals surface area contributed by atoms with Gasteiger partial charge in [-0.3, -0.25) is 0 Å². The van der Waals surface area contributed by atoms with Crippen LogP contribution in [0.3, 0.4) is 0 Å². The number of hydrogen-bond donors (Lipinski definition) is 1. The van der Waals surface area contributed by atoms with Crippen LogP contribution >= 0.6 is 0 Å². The van der Waals surface area contributed by atoms with Crippen LogP contribution < -0.4 is 9.80 Å². The van der Waals surface area contributed by atoms with Gasteiger partial charge in [-0.1, -0.05) is 12.2 Å². The van der Waals surface area contributed by atoms with Crippen LogP contribution in [0.4, 0.5) is 11.6 Å². The molecule has 10 nitrogen and oxygen atoms in total. The monoisotopic (exact) mass is 454 g/mol. The maximum absolute atomic E-state index is 12.3. The number of nitrogens with zero attached hydrogens (tertiary/aromatic N) is 4. The predicted molar refractivity (Wildman–Crippen MR) is 121 cm³/mol. The number of hydrogen-bond acceptors (Lipinski definition) is 9. The first-order valence-electron chi connectivity index (χ1n) is 10.5. The van der Waals surface area contributed by atoms with Gasteiger partial charge in [-0.05, 0) is 38.1 Å². The lowest BCUT2D eigenvalue weighted by Crippen LogP contribution is -2.47. The average Bonchev–Trinajstić information content (AvgIpc) is 2.84. The van der Waals surface area contributed by atoms with Crippen molar-refractivity contribution in [2.45, 2.75) is 20.0 Å². The Labute approximate surface area is 191 Å². The van der Waals surface area contributed by atoms with E-state index >= 15 is 0 Å². The van der Waals surface area contributed by atoms with Crippen LogP contribution in [-0.2, 0) is 14.3 Å². The molecular formula is C23H26N4O6. The molecule has 0 spiro atoms. The summed E-state index contributed by atoms with van der Waals surface area (Å²) in [6, 6.07) is 6.59. The van der Waals surface area contributed by atoms with E-state index < -0.39 is 24.0 Å². The number of carboxylic acid groups (broad SMARTS) is 1. The highest BCUT2D eigenvalue weighted by atomic mass is 16.6. The lowest BCUT2D eigenvalue weighted by atomic mass is 10.2. The van der Waals surface area contributed by atoms with Gasteiger partial charge < -0.3 is 24.4 Å². The molecule has 0 aliphatic carbocycles. The fraction of sp³-hybridized carbons (Fsp3) is 0.348. The molecule has 3 rings (SSSR count). The third-order valence-electron chi connectivity index (χ3n) is 5.08. The maximum atomic E-state index is 12.3. The number of carbonyl (C=O) groups is 3. The molecule has 0 saturated carbocycles. The number of carbonyl (C=O) groups excluding carboxylic acids is 2. The number of anilines is 2. The Morgan fingerprint density at radius 2 is 1.55 bits per heavy atom. The number of aromatic carboxylic acids is 1. The summed E-state index contributed by atoms with van der Waals surface area (Å²) in [6.45, 7) is 6.16. The first-order chi connectivity index (χ1) is 15.9. The Balaban J connectivity index is 1.51.